The third kappa shape index (κ3) is 6.24. The lowest BCUT2D eigenvalue weighted by Crippen LogP contribution is -2.33. The quantitative estimate of drug-likeness (QED) is 0.105. The van der Waals surface area contributed by atoms with Gasteiger partial charge in [-0.25, -0.2) is 9.13 Å². The molecule has 0 N–H and O–H groups in total. The summed E-state index contributed by atoms with van der Waals surface area (Å²) in [5, 5.41) is 9.44. The Balaban J connectivity index is 1.14. The van der Waals surface area contributed by atoms with Crippen molar-refractivity contribution in [1.82, 2.24) is 9.13 Å². The Bertz CT molecular complexity index is 1890. The van der Waals surface area contributed by atoms with Gasteiger partial charge in [0.25, 0.3) is 0 Å². The van der Waals surface area contributed by atoms with Gasteiger partial charge in [-0.3, -0.25) is 0 Å². The minimum absolute atomic E-state index is 0.904. The molecule has 6 rings (SSSR count). The molecule has 8 heteroatoms. The summed E-state index contributed by atoms with van der Waals surface area (Å²) < 4.78 is 11.5. The zero-order valence-electron chi connectivity index (χ0n) is 23.7. The number of rotatable bonds is 10. The van der Waals surface area contributed by atoms with Crippen LogP contribution >= 0.6 is 22.7 Å². The van der Waals surface area contributed by atoms with Crippen molar-refractivity contribution < 1.29 is 9.13 Å². The predicted molar refractivity (Wildman–Crippen MR) is 168 cm³/mol. The highest BCUT2D eigenvalue weighted by Crippen LogP contribution is 2.19. The van der Waals surface area contributed by atoms with Crippen LogP contribution in [0, 0.1) is 0 Å². The molecular weight excluding hydrogens is 545 g/mol. The van der Waals surface area contributed by atoms with Gasteiger partial charge in [0.05, 0.1) is 20.4 Å². The maximum Gasteiger partial charge on any atom is 0.211 e. The van der Waals surface area contributed by atoms with E-state index in [2.05, 4.69) is 135 Å². The molecule has 4 heterocycles. The van der Waals surface area contributed by atoms with Crippen LogP contribution in [-0.2, 0) is 26.7 Å². The van der Waals surface area contributed by atoms with E-state index in [4.69, 9.17) is 5.10 Å². The van der Waals surface area contributed by atoms with Gasteiger partial charge in [-0.2, -0.15) is 0 Å². The summed E-state index contributed by atoms with van der Waals surface area (Å²) in [5.41, 5.74) is 4.92. The number of pyridine rings is 2. The van der Waals surface area contributed by atoms with E-state index in [9.17, 15) is 0 Å². The first kappa shape index (κ1) is 27.3. The Morgan fingerprint density at radius 3 is 1.80 bits per heavy atom. The van der Waals surface area contributed by atoms with Crippen molar-refractivity contribution in [3.8, 4) is 11.1 Å². The first-order valence-electron chi connectivity index (χ1n) is 14.4. The summed E-state index contributed by atoms with van der Waals surface area (Å²) in [6.45, 7) is 5.22. The predicted octanol–water partition coefficient (Wildman–Crippen LogP) is 6.20. The van der Waals surface area contributed by atoms with E-state index >= 15 is 0 Å². The molecule has 0 aliphatic heterocycles. The van der Waals surface area contributed by atoms with E-state index in [1.165, 1.54) is 44.4 Å². The number of para-hydroxylation sites is 2. The minimum Gasteiger partial charge on any atom is -0.318 e. The fourth-order valence-corrected chi connectivity index (χ4v) is 7.06. The van der Waals surface area contributed by atoms with Crippen molar-refractivity contribution >= 4 is 43.1 Å². The standard InChI is InChI=1S/C33H36N6S2/c1-3-4-19-37-22-15-26(16-23-37)27-17-24-38(25-18-27)20-9-10-21-39-29-12-6-8-14-31(29)41-33(39)35-34-32-36(2)28-11-5-7-13-30(28)40-32/h5-8,11-18,22-25H,3-4,9-10,19-21H2,1-2H3/q+2/b34-32-,35-33+. The SMILES string of the molecule is CCCC[n+]1ccc(-c2cc[n+](CCCCn3/c(=N\N=c4/sc5ccccc5n4C)sc4ccccc43)cc2)cc1. The molecule has 0 atom stereocenters. The average molecular weight is 581 g/mol. The first-order chi connectivity index (χ1) is 20.2. The second kappa shape index (κ2) is 12.7. The van der Waals surface area contributed by atoms with Gasteiger partial charge in [0.2, 0.25) is 9.60 Å². The van der Waals surface area contributed by atoms with Crippen molar-refractivity contribution in [2.24, 2.45) is 17.3 Å². The number of aromatic nitrogens is 4. The Morgan fingerprint density at radius 2 is 1.17 bits per heavy atom. The summed E-state index contributed by atoms with van der Waals surface area (Å²) in [7, 11) is 2.06. The van der Waals surface area contributed by atoms with Crippen molar-refractivity contribution in [1.29, 1.82) is 0 Å². The largest absolute Gasteiger partial charge is 0.318 e. The van der Waals surface area contributed by atoms with E-state index in [-0.39, 0.29) is 0 Å². The summed E-state index contributed by atoms with van der Waals surface area (Å²) in [6.07, 6.45) is 13.4. The zero-order chi connectivity index (χ0) is 28.0. The molecule has 6 aromatic rings. The molecule has 0 radical (unpaired) electrons. The number of benzene rings is 2. The lowest BCUT2D eigenvalue weighted by atomic mass is 10.1. The fourth-order valence-electron chi connectivity index (χ4n) is 5.08. The second-order valence-electron chi connectivity index (χ2n) is 10.3. The normalized spacial score (nSPS) is 12.6. The summed E-state index contributed by atoms with van der Waals surface area (Å²) in [4.78, 5) is 1.85. The minimum atomic E-state index is 0.904. The third-order valence-corrected chi connectivity index (χ3v) is 9.61. The Labute approximate surface area is 248 Å². The highest BCUT2D eigenvalue weighted by Gasteiger charge is 2.09. The van der Waals surface area contributed by atoms with Crippen LogP contribution in [0.25, 0.3) is 31.6 Å². The number of hydrogen-bond acceptors (Lipinski definition) is 4. The number of hydrogen-bond donors (Lipinski definition) is 0. The van der Waals surface area contributed by atoms with Gasteiger partial charge in [-0.1, -0.05) is 60.3 Å². The first-order valence-corrected chi connectivity index (χ1v) is 16.0. The molecule has 4 aromatic heterocycles. The average Bonchev–Trinajstić information content (AvgIpc) is 3.54. The number of fused-ring (bicyclic) bond motifs is 2. The molecule has 0 aliphatic carbocycles. The van der Waals surface area contributed by atoms with Gasteiger partial charge >= 0.3 is 0 Å². The van der Waals surface area contributed by atoms with Crippen molar-refractivity contribution in [2.45, 2.75) is 52.2 Å². The van der Waals surface area contributed by atoms with Crippen LogP contribution in [0.15, 0.2) is 108 Å². The van der Waals surface area contributed by atoms with Gasteiger partial charge in [0, 0.05) is 50.7 Å². The summed E-state index contributed by atoms with van der Waals surface area (Å²) in [6, 6.07) is 25.8. The lowest BCUT2D eigenvalue weighted by Gasteiger charge is -2.04. The number of nitrogens with zero attached hydrogens (tertiary/aromatic N) is 6. The second-order valence-corrected chi connectivity index (χ2v) is 12.3. The number of thiazole rings is 2. The molecule has 41 heavy (non-hydrogen) atoms. The van der Waals surface area contributed by atoms with Gasteiger partial charge in [-0.15, -0.1) is 10.2 Å². The van der Waals surface area contributed by atoms with E-state index < -0.39 is 0 Å². The molecule has 2 aromatic carbocycles. The highest BCUT2D eigenvalue weighted by molar-refractivity contribution is 7.16. The van der Waals surface area contributed by atoms with Gasteiger partial charge in [-0.05, 0) is 41.8 Å². The van der Waals surface area contributed by atoms with Crippen LogP contribution in [0.1, 0.15) is 32.6 Å². The molecule has 0 spiro atoms. The van der Waals surface area contributed by atoms with Crippen LogP contribution in [0.2, 0.25) is 0 Å². The monoisotopic (exact) mass is 580 g/mol. The third-order valence-electron chi connectivity index (χ3n) is 7.46. The summed E-state index contributed by atoms with van der Waals surface area (Å²) in [5.74, 6) is 0. The molecule has 0 bridgehead atoms. The van der Waals surface area contributed by atoms with Gasteiger partial charge < -0.3 is 9.13 Å². The smallest absolute Gasteiger partial charge is 0.211 e. The van der Waals surface area contributed by atoms with Crippen LogP contribution in [-0.4, -0.2) is 9.13 Å². The van der Waals surface area contributed by atoms with Crippen molar-refractivity contribution in [3.63, 3.8) is 0 Å². The van der Waals surface area contributed by atoms with E-state index in [1.807, 2.05) is 0 Å². The van der Waals surface area contributed by atoms with Crippen LogP contribution in [0.4, 0.5) is 0 Å². The Kier molecular flexibility index (Phi) is 8.49. The van der Waals surface area contributed by atoms with Crippen LogP contribution in [0.5, 0.6) is 0 Å². The fraction of sp³-hybridized carbons (Fsp3) is 0.273. The molecule has 208 valence electrons. The van der Waals surface area contributed by atoms with Crippen molar-refractivity contribution in [3.05, 3.63) is 107 Å². The van der Waals surface area contributed by atoms with Crippen LogP contribution < -0.4 is 18.7 Å². The number of unbranched alkanes of at least 4 members (excludes halogenated alkanes) is 2. The molecule has 0 unspecified atom stereocenters. The van der Waals surface area contributed by atoms with E-state index in [1.54, 1.807) is 22.7 Å². The highest BCUT2D eigenvalue weighted by atomic mass is 32.1. The maximum atomic E-state index is 4.75. The molecule has 6 nitrogen and oxygen atoms in total. The van der Waals surface area contributed by atoms with Gasteiger partial charge in [0.1, 0.15) is 13.1 Å². The topological polar surface area (TPSA) is 42.3 Å². The number of aryl methyl sites for hydroxylation is 4. The molecule has 0 aliphatic rings. The zero-order valence-corrected chi connectivity index (χ0v) is 25.3. The molecule has 0 fully saturated rings. The molecule has 0 amide bonds. The summed E-state index contributed by atoms with van der Waals surface area (Å²) >= 11 is 3.38. The molecule has 0 saturated heterocycles. The Morgan fingerprint density at radius 1 is 0.634 bits per heavy atom. The maximum absolute atomic E-state index is 4.75. The molecular formula is C33H36N6S2+2. The molecule has 0 saturated carbocycles. The van der Waals surface area contributed by atoms with Crippen molar-refractivity contribution in [2.75, 3.05) is 0 Å². The lowest BCUT2D eigenvalue weighted by molar-refractivity contribution is -0.697. The van der Waals surface area contributed by atoms with E-state index in [0.717, 1.165) is 42.1 Å². The van der Waals surface area contributed by atoms with Crippen LogP contribution in [0.3, 0.4) is 0 Å². The van der Waals surface area contributed by atoms with E-state index in [0.29, 0.717) is 0 Å². The van der Waals surface area contributed by atoms with Gasteiger partial charge in [0.15, 0.2) is 24.8 Å². The Hall–Kier alpha value is -3.88.